The lowest BCUT2D eigenvalue weighted by atomic mass is 9.87. The number of halogens is 4. The maximum atomic E-state index is 14.2. The molecule has 0 spiro atoms. The van der Waals surface area contributed by atoms with E-state index in [0.29, 0.717) is 0 Å². The van der Waals surface area contributed by atoms with Crippen molar-refractivity contribution in [1.82, 2.24) is 10.2 Å². The first-order chi connectivity index (χ1) is 17.0. The van der Waals surface area contributed by atoms with Crippen molar-refractivity contribution in [3.8, 4) is 0 Å². The van der Waals surface area contributed by atoms with E-state index in [2.05, 4.69) is 5.32 Å². The van der Waals surface area contributed by atoms with Crippen LogP contribution in [0.1, 0.15) is 30.9 Å². The number of carbonyl (C=O) groups is 3. The van der Waals surface area contributed by atoms with E-state index in [0.717, 1.165) is 21.9 Å². The van der Waals surface area contributed by atoms with Gasteiger partial charge in [-0.3, -0.25) is 19.4 Å². The van der Waals surface area contributed by atoms with Gasteiger partial charge in [0.05, 0.1) is 12.6 Å². The normalized spacial score (nSPS) is 22.0. The molecule has 8 nitrogen and oxygen atoms in total. The number of aliphatic hydroxyl groups excluding tert-OH is 1. The molecule has 1 aliphatic carbocycles. The minimum Gasteiger partial charge on any atom is -0.465 e. The van der Waals surface area contributed by atoms with E-state index >= 15 is 0 Å². The monoisotopic (exact) mass is 525 g/mol. The third kappa shape index (κ3) is 5.26. The number of nitrogens with one attached hydrogen (secondary N) is 1. The molecule has 1 saturated carbocycles. The number of hydrogen-bond donors (Lipinski definition) is 3. The lowest BCUT2D eigenvalue weighted by molar-refractivity contribution is -0.133. The summed E-state index contributed by atoms with van der Waals surface area (Å²) in [5.41, 5.74) is 0.0477. The number of nitrogens with zero attached hydrogens (tertiary/aromatic N) is 2. The molecule has 0 radical (unpaired) electrons. The molecule has 36 heavy (non-hydrogen) atoms. The van der Waals surface area contributed by atoms with Gasteiger partial charge < -0.3 is 15.5 Å². The van der Waals surface area contributed by atoms with Gasteiger partial charge in [0.1, 0.15) is 17.9 Å². The van der Waals surface area contributed by atoms with Crippen LogP contribution in [0.3, 0.4) is 0 Å². The van der Waals surface area contributed by atoms with E-state index in [1.807, 2.05) is 0 Å². The van der Waals surface area contributed by atoms with Crippen molar-refractivity contribution >= 4 is 35.2 Å². The van der Waals surface area contributed by atoms with E-state index in [-0.39, 0.29) is 29.2 Å². The first-order valence-corrected chi connectivity index (χ1v) is 11.5. The van der Waals surface area contributed by atoms with Crippen molar-refractivity contribution in [2.24, 2.45) is 0 Å². The summed E-state index contributed by atoms with van der Waals surface area (Å²) in [5, 5.41) is 22.2. The fourth-order valence-corrected chi connectivity index (χ4v) is 4.83. The third-order valence-electron chi connectivity index (χ3n) is 6.28. The molecule has 1 saturated heterocycles. The van der Waals surface area contributed by atoms with E-state index in [1.54, 1.807) is 12.1 Å². The van der Waals surface area contributed by atoms with Crippen molar-refractivity contribution < 1.29 is 37.8 Å². The average Bonchev–Trinajstić information content (AvgIpc) is 3.18. The molecule has 2 aromatic carbocycles. The van der Waals surface area contributed by atoms with Crippen LogP contribution in [0.15, 0.2) is 48.5 Å². The molecule has 2 unspecified atom stereocenters. The Morgan fingerprint density at radius 3 is 2.44 bits per heavy atom. The van der Waals surface area contributed by atoms with Gasteiger partial charge in [0.25, 0.3) is 11.8 Å². The Hall–Kier alpha value is -3.31. The minimum absolute atomic E-state index is 0.0762. The molecule has 1 aliphatic heterocycles. The van der Waals surface area contributed by atoms with Crippen molar-refractivity contribution in [1.29, 1.82) is 0 Å². The summed E-state index contributed by atoms with van der Waals surface area (Å²) in [4.78, 5) is 40.8. The van der Waals surface area contributed by atoms with Gasteiger partial charge in [-0.05, 0) is 24.3 Å². The Labute approximate surface area is 209 Å². The molecule has 3 amide bonds. The van der Waals surface area contributed by atoms with Gasteiger partial charge in [0.15, 0.2) is 0 Å². The molecule has 3 atom stereocenters. The number of alkyl halides is 2. The SMILES string of the molecule is O=C(NC1CC(F)(F)C1)[C@H](c1ccccc1Cl)N(C(=O)C1CC(O)CN1C(=O)O)c1cccc(F)c1. The van der Waals surface area contributed by atoms with E-state index in [1.165, 1.54) is 24.3 Å². The highest BCUT2D eigenvalue weighted by molar-refractivity contribution is 6.31. The molecule has 192 valence electrons. The molecule has 3 N–H and O–H groups in total. The minimum atomic E-state index is -2.92. The first kappa shape index (κ1) is 25.8. The maximum Gasteiger partial charge on any atom is 0.408 e. The number of carboxylic acid groups (broad SMARTS) is 1. The zero-order valence-corrected chi connectivity index (χ0v) is 19.5. The standard InChI is InChI=1S/C24H23ClF3N3O5/c25-18-7-2-1-6-17(18)20(21(33)29-14-10-24(27,28)11-14)31(15-5-3-4-13(26)8-15)22(34)19-9-16(32)12-30(19)23(35)36/h1-8,14,16,19-20,32H,9-12H2,(H,29,33)(H,35,36)/t16?,19?,20-/m0/s1. The predicted octanol–water partition coefficient (Wildman–Crippen LogP) is 3.58. The van der Waals surface area contributed by atoms with Gasteiger partial charge >= 0.3 is 6.09 Å². The van der Waals surface area contributed by atoms with Crippen molar-refractivity contribution in [2.45, 2.75) is 49.4 Å². The maximum absolute atomic E-state index is 14.2. The van der Waals surface area contributed by atoms with Gasteiger partial charge in [-0.25, -0.2) is 18.0 Å². The number of rotatable bonds is 6. The second kappa shape index (κ2) is 9.98. The van der Waals surface area contributed by atoms with Crippen molar-refractivity contribution in [3.05, 3.63) is 64.9 Å². The number of likely N-dealkylation sites (tertiary alicyclic amines) is 1. The smallest absolute Gasteiger partial charge is 0.408 e. The topological polar surface area (TPSA) is 110 Å². The van der Waals surface area contributed by atoms with Crippen molar-refractivity contribution in [3.63, 3.8) is 0 Å². The lowest BCUT2D eigenvalue weighted by Gasteiger charge is -2.39. The highest BCUT2D eigenvalue weighted by atomic mass is 35.5. The molecule has 0 bridgehead atoms. The molecule has 2 aromatic rings. The van der Waals surface area contributed by atoms with E-state index in [4.69, 9.17) is 11.6 Å². The number of aliphatic hydroxyl groups is 1. The van der Waals surface area contributed by atoms with Gasteiger partial charge in [0.2, 0.25) is 5.91 Å². The molecular weight excluding hydrogens is 503 g/mol. The van der Waals surface area contributed by atoms with Crippen LogP contribution in [0, 0.1) is 5.82 Å². The Balaban J connectivity index is 1.80. The summed E-state index contributed by atoms with van der Waals surface area (Å²) < 4.78 is 41.1. The predicted molar refractivity (Wildman–Crippen MR) is 123 cm³/mol. The number of carbonyl (C=O) groups excluding carboxylic acids is 2. The van der Waals surface area contributed by atoms with Crippen LogP contribution in [0.25, 0.3) is 0 Å². The average molecular weight is 526 g/mol. The molecule has 2 fully saturated rings. The summed E-state index contributed by atoms with van der Waals surface area (Å²) in [6.45, 7) is -0.331. The van der Waals surface area contributed by atoms with Crippen LogP contribution in [0.2, 0.25) is 5.02 Å². The number of hydrogen-bond acceptors (Lipinski definition) is 4. The fourth-order valence-electron chi connectivity index (χ4n) is 4.59. The third-order valence-corrected chi connectivity index (χ3v) is 6.62. The molecule has 2 aliphatic rings. The lowest BCUT2D eigenvalue weighted by Crippen LogP contribution is -2.56. The molecule has 1 heterocycles. The number of benzene rings is 2. The quantitative estimate of drug-likeness (QED) is 0.534. The molecular formula is C24H23ClF3N3O5. The van der Waals surface area contributed by atoms with Crippen LogP contribution in [-0.4, -0.2) is 63.7 Å². The molecule has 12 heteroatoms. The fraction of sp³-hybridized carbons (Fsp3) is 0.375. The number of anilines is 1. The van der Waals surface area contributed by atoms with Gasteiger partial charge in [-0.2, -0.15) is 0 Å². The zero-order chi connectivity index (χ0) is 26.2. The first-order valence-electron chi connectivity index (χ1n) is 11.2. The van der Waals surface area contributed by atoms with Gasteiger partial charge in [-0.15, -0.1) is 0 Å². The van der Waals surface area contributed by atoms with E-state index in [9.17, 15) is 37.8 Å². The summed E-state index contributed by atoms with van der Waals surface area (Å²) in [6, 6.07) is 7.04. The van der Waals surface area contributed by atoms with Crippen LogP contribution < -0.4 is 10.2 Å². The second-order valence-electron chi connectivity index (χ2n) is 8.92. The Bertz CT molecular complexity index is 1180. The molecule has 0 aromatic heterocycles. The summed E-state index contributed by atoms with van der Waals surface area (Å²) in [5.74, 6) is -5.40. The van der Waals surface area contributed by atoms with Gasteiger partial charge in [-0.1, -0.05) is 35.9 Å². The number of β-amino-alcohol motifs (C(OH)–C–C–N with tert-alkyl or cyclic N) is 1. The second-order valence-corrected chi connectivity index (χ2v) is 9.33. The van der Waals surface area contributed by atoms with Crippen molar-refractivity contribution in [2.75, 3.05) is 11.4 Å². The summed E-state index contributed by atoms with van der Waals surface area (Å²) >= 11 is 6.37. The van der Waals surface area contributed by atoms with Crippen LogP contribution in [-0.2, 0) is 9.59 Å². The zero-order valence-electron chi connectivity index (χ0n) is 18.8. The van der Waals surface area contributed by atoms with Crippen LogP contribution in [0.4, 0.5) is 23.7 Å². The Morgan fingerprint density at radius 1 is 1.14 bits per heavy atom. The highest BCUT2D eigenvalue weighted by Gasteiger charge is 2.48. The summed E-state index contributed by atoms with van der Waals surface area (Å²) in [6.07, 6.45) is -4.00. The van der Waals surface area contributed by atoms with Crippen LogP contribution >= 0.6 is 11.6 Å². The number of amides is 3. The summed E-state index contributed by atoms with van der Waals surface area (Å²) in [7, 11) is 0. The molecule has 4 rings (SSSR count). The van der Waals surface area contributed by atoms with Crippen LogP contribution in [0.5, 0.6) is 0 Å². The Morgan fingerprint density at radius 2 is 1.83 bits per heavy atom. The largest absolute Gasteiger partial charge is 0.465 e. The highest BCUT2D eigenvalue weighted by Crippen LogP contribution is 2.39. The van der Waals surface area contributed by atoms with Gasteiger partial charge in [0, 0.05) is 41.6 Å². The Kier molecular flexibility index (Phi) is 7.14. The van der Waals surface area contributed by atoms with E-state index < -0.39 is 66.7 Å².